The van der Waals surface area contributed by atoms with Gasteiger partial charge in [-0.1, -0.05) is 0 Å². The van der Waals surface area contributed by atoms with Crippen LogP contribution in [0.15, 0.2) is 16.7 Å². The Kier molecular flexibility index (Phi) is 4.04. The van der Waals surface area contributed by atoms with Gasteiger partial charge in [-0.25, -0.2) is 0 Å². The molecule has 0 bridgehead atoms. The SMILES string of the molecule is CNCc1coc(CN2CC(C)(C)OC(C)(C)C2)c1. The molecule has 2 rings (SSSR count). The molecule has 2 heterocycles. The highest BCUT2D eigenvalue weighted by Crippen LogP contribution is 2.29. The molecule has 0 unspecified atom stereocenters. The lowest BCUT2D eigenvalue weighted by Gasteiger charge is -2.47. The first kappa shape index (κ1) is 14.6. The van der Waals surface area contributed by atoms with Gasteiger partial charge in [-0.3, -0.25) is 4.90 Å². The molecular weight excluding hydrogens is 240 g/mol. The van der Waals surface area contributed by atoms with Gasteiger partial charge in [0.05, 0.1) is 24.0 Å². The van der Waals surface area contributed by atoms with Gasteiger partial charge in [0.15, 0.2) is 0 Å². The van der Waals surface area contributed by atoms with Gasteiger partial charge in [0.1, 0.15) is 5.76 Å². The van der Waals surface area contributed by atoms with Gasteiger partial charge in [0.25, 0.3) is 0 Å². The third-order valence-electron chi connectivity index (χ3n) is 3.23. The highest BCUT2D eigenvalue weighted by molar-refractivity contribution is 5.12. The van der Waals surface area contributed by atoms with Crippen LogP contribution in [0.5, 0.6) is 0 Å². The molecule has 0 radical (unpaired) electrons. The number of nitrogens with zero attached hydrogens (tertiary/aromatic N) is 1. The molecule has 1 aliphatic rings. The number of furan rings is 1. The molecule has 0 aromatic carbocycles. The number of rotatable bonds is 4. The Labute approximate surface area is 116 Å². The number of nitrogens with one attached hydrogen (secondary N) is 1. The Morgan fingerprint density at radius 3 is 2.42 bits per heavy atom. The number of hydrogen-bond acceptors (Lipinski definition) is 4. The van der Waals surface area contributed by atoms with Crippen molar-refractivity contribution in [2.24, 2.45) is 0 Å². The average molecular weight is 266 g/mol. The summed E-state index contributed by atoms with van der Waals surface area (Å²) in [6.45, 7) is 12.1. The van der Waals surface area contributed by atoms with E-state index in [-0.39, 0.29) is 11.2 Å². The van der Waals surface area contributed by atoms with Crippen molar-refractivity contribution in [2.75, 3.05) is 20.1 Å². The van der Waals surface area contributed by atoms with Gasteiger partial charge in [0, 0.05) is 25.2 Å². The van der Waals surface area contributed by atoms with E-state index >= 15 is 0 Å². The fourth-order valence-corrected chi connectivity index (χ4v) is 3.08. The van der Waals surface area contributed by atoms with Gasteiger partial charge in [-0.15, -0.1) is 0 Å². The molecule has 0 amide bonds. The van der Waals surface area contributed by atoms with Crippen LogP contribution in [0.2, 0.25) is 0 Å². The third-order valence-corrected chi connectivity index (χ3v) is 3.23. The minimum atomic E-state index is -0.109. The van der Waals surface area contributed by atoms with Crippen molar-refractivity contribution in [2.45, 2.75) is 52.0 Å². The zero-order chi connectivity index (χ0) is 14.1. The van der Waals surface area contributed by atoms with Crippen LogP contribution in [0.25, 0.3) is 0 Å². The molecule has 1 aromatic heterocycles. The van der Waals surface area contributed by atoms with Gasteiger partial charge in [-0.2, -0.15) is 0 Å². The fraction of sp³-hybridized carbons (Fsp3) is 0.733. The second-order valence-electron chi connectivity index (χ2n) is 6.72. The van der Waals surface area contributed by atoms with E-state index in [1.54, 1.807) is 0 Å². The van der Waals surface area contributed by atoms with Crippen molar-refractivity contribution in [3.63, 3.8) is 0 Å². The Bertz CT molecular complexity index is 408. The summed E-state index contributed by atoms with van der Waals surface area (Å²) in [6.07, 6.45) is 1.84. The average Bonchev–Trinajstić information content (AvgIpc) is 2.60. The Morgan fingerprint density at radius 1 is 1.21 bits per heavy atom. The molecule has 108 valence electrons. The summed E-state index contributed by atoms with van der Waals surface area (Å²) >= 11 is 0. The van der Waals surface area contributed by atoms with E-state index < -0.39 is 0 Å². The molecule has 1 saturated heterocycles. The van der Waals surface area contributed by atoms with Crippen LogP contribution in [0.4, 0.5) is 0 Å². The van der Waals surface area contributed by atoms with Crippen molar-refractivity contribution in [3.05, 3.63) is 23.7 Å². The van der Waals surface area contributed by atoms with Crippen LogP contribution in [-0.4, -0.2) is 36.2 Å². The van der Waals surface area contributed by atoms with Gasteiger partial charge in [-0.05, 0) is 40.8 Å². The second kappa shape index (κ2) is 5.27. The molecule has 19 heavy (non-hydrogen) atoms. The van der Waals surface area contributed by atoms with Crippen molar-refractivity contribution in [1.82, 2.24) is 10.2 Å². The zero-order valence-corrected chi connectivity index (χ0v) is 12.7. The molecule has 1 aromatic rings. The maximum absolute atomic E-state index is 6.09. The van der Waals surface area contributed by atoms with E-state index in [1.165, 1.54) is 5.56 Å². The van der Waals surface area contributed by atoms with E-state index in [4.69, 9.17) is 9.15 Å². The summed E-state index contributed by atoms with van der Waals surface area (Å²) in [5.41, 5.74) is 0.980. The maximum Gasteiger partial charge on any atom is 0.118 e. The van der Waals surface area contributed by atoms with Gasteiger partial charge in [0.2, 0.25) is 0 Å². The first-order valence-electron chi connectivity index (χ1n) is 6.93. The minimum absolute atomic E-state index is 0.109. The van der Waals surface area contributed by atoms with E-state index in [2.05, 4.69) is 44.0 Å². The van der Waals surface area contributed by atoms with Crippen molar-refractivity contribution < 1.29 is 9.15 Å². The van der Waals surface area contributed by atoms with E-state index in [0.29, 0.717) is 0 Å². The summed E-state index contributed by atoms with van der Waals surface area (Å²) in [5, 5.41) is 3.13. The summed E-state index contributed by atoms with van der Waals surface area (Å²) in [6, 6.07) is 2.13. The lowest BCUT2D eigenvalue weighted by atomic mass is 9.99. The monoisotopic (exact) mass is 266 g/mol. The van der Waals surface area contributed by atoms with Crippen molar-refractivity contribution >= 4 is 0 Å². The van der Waals surface area contributed by atoms with E-state index in [0.717, 1.165) is 31.9 Å². The van der Waals surface area contributed by atoms with Crippen LogP contribution in [-0.2, 0) is 17.8 Å². The van der Waals surface area contributed by atoms with Crippen LogP contribution in [0, 0.1) is 0 Å². The maximum atomic E-state index is 6.09. The van der Waals surface area contributed by atoms with Crippen LogP contribution >= 0.6 is 0 Å². The lowest BCUT2D eigenvalue weighted by molar-refractivity contribution is -0.182. The molecule has 1 aliphatic heterocycles. The van der Waals surface area contributed by atoms with E-state index in [9.17, 15) is 0 Å². The smallest absolute Gasteiger partial charge is 0.118 e. The highest BCUT2D eigenvalue weighted by Gasteiger charge is 2.38. The van der Waals surface area contributed by atoms with Gasteiger partial charge < -0.3 is 14.5 Å². The molecule has 4 heteroatoms. The minimum Gasteiger partial charge on any atom is -0.468 e. The quantitative estimate of drug-likeness (QED) is 0.908. The summed E-state index contributed by atoms with van der Waals surface area (Å²) in [7, 11) is 1.94. The molecule has 0 spiro atoms. The van der Waals surface area contributed by atoms with Gasteiger partial charge >= 0.3 is 0 Å². The number of hydrogen-bond donors (Lipinski definition) is 1. The zero-order valence-electron chi connectivity index (χ0n) is 12.7. The standard InChI is InChI=1S/C15H26N2O2/c1-14(2)10-17(11-15(3,4)19-14)8-13-6-12(7-16-5)9-18-13/h6,9,16H,7-8,10-11H2,1-5H3. The molecule has 0 aliphatic carbocycles. The molecule has 1 N–H and O–H groups in total. The number of ether oxygens (including phenoxy) is 1. The molecule has 4 nitrogen and oxygen atoms in total. The Morgan fingerprint density at radius 2 is 1.84 bits per heavy atom. The summed E-state index contributed by atoms with van der Waals surface area (Å²) < 4.78 is 11.7. The Hall–Kier alpha value is -0.840. The Balaban J connectivity index is 2.01. The van der Waals surface area contributed by atoms with Crippen molar-refractivity contribution in [3.8, 4) is 0 Å². The second-order valence-corrected chi connectivity index (χ2v) is 6.72. The molecule has 0 atom stereocenters. The molecule has 1 fully saturated rings. The molecular formula is C15H26N2O2. The lowest BCUT2D eigenvalue weighted by Crippen LogP contribution is -2.56. The summed E-state index contributed by atoms with van der Waals surface area (Å²) in [5.74, 6) is 1.03. The highest BCUT2D eigenvalue weighted by atomic mass is 16.5. The predicted octanol–water partition coefficient (Wildman–Crippen LogP) is 2.39. The van der Waals surface area contributed by atoms with Crippen LogP contribution in [0.1, 0.15) is 39.0 Å². The largest absolute Gasteiger partial charge is 0.468 e. The topological polar surface area (TPSA) is 37.6 Å². The third kappa shape index (κ3) is 4.06. The predicted molar refractivity (Wildman–Crippen MR) is 76.0 cm³/mol. The van der Waals surface area contributed by atoms with Crippen molar-refractivity contribution in [1.29, 1.82) is 0 Å². The van der Waals surface area contributed by atoms with Crippen LogP contribution in [0.3, 0.4) is 0 Å². The van der Waals surface area contributed by atoms with E-state index in [1.807, 2.05) is 13.3 Å². The van der Waals surface area contributed by atoms with Crippen LogP contribution < -0.4 is 5.32 Å². The number of morpholine rings is 1. The first-order chi connectivity index (χ1) is 8.80. The summed E-state index contributed by atoms with van der Waals surface area (Å²) in [4.78, 5) is 2.41. The first-order valence-corrected chi connectivity index (χ1v) is 6.93. The fourth-order valence-electron chi connectivity index (χ4n) is 3.08. The normalized spacial score (nSPS) is 22.6. The molecule has 0 saturated carbocycles.